The molecule has 0 saturated carbocycles. The van der Waals surface area contributed by atoms with Crippen molar-refractivity contribution < 1.29 is 18.0 Å². The summed E-state index contributed by atoms with van der Waals surface area (Å²) in [5, 5.41) is 5.37. The summed E-state index contributed by atoms with van der Waals surface area (Å²) in [7, 11) is 0. The van der Waals surface area contributed by atoms with Gasteiger partial charge in [-0.2, -0.15) is 13.2 Å². The van der Waals surface area contributed by atoms with Crippen LogP contribution in [0.3, 0.4) is 0 Å². The number of para-hydroxylation sites is 1. The molecule has 1 amide bonds. The molecule has 0 heterocycles. The molecule has 0 aliphatic heterocycles. The van der Waals surface area contributed by atoms with E-state index >= 15 is 0 Å². The Hall–Kier alpha value is -1.72. The minimum atomic E-state index is -4.40. The Morgan fingerprint density at radius 3 is 2.50 bits per heavy atom. The van der Waals surface area contributed by atoms with E-state index in [0.717, 1.165) is 6.07 Å². The van der Waals surface area contributed by atoms with Crippen molar-refractivity contribution in [3.8, 4) is 0 Å². The van der Waals surface area contributed by atoms with Crippen molar-refractivity contribution in [1.29, 1.82) is 0 Å². The average molecular weight is 288 g/mol. The van der Waals surface area contributed by atoms with Crippen molar-refractivity contribution in [1.82, 2.24) is 5.32 Å². The molecule has 1 aromatic rings. The number of carbonyl (C=O) groups excluding carboxylic acids is 1. The largest absolute Gasteiger partial charge is 0.418 e. The average Bonchev–Trinajstić information content (AvgIpc) is 2.36. The molecule has 0 atom stereocenters. The smallest absolute Gasteiger partial charge is 0.384 e. The zero-order chi connectivity index (χ0) is 15.2. The van der Waals surface area contributed by atoms with Gasteiger partial charge < -0.3 is 10.6 Å². The number of anilines is 1. The van der Waals surface area contributed by atoms with E-state index in [2.05, 4.69) is 10.6 Å². The normalized spacial score (nSPS) is 11.5. The van der Waals surface area contributed by atoms with Crippen LogP contribution in [0.4, 0.5) is 18.9 Å². The summed E-state index contributed by atoms with van der Waals surface area (Å²) in [6, 6.07) is 5.23. The van der Waals surface area contributed by atoms with Gasteiger partial charge in [0.05, 0.1) is 5.56 Å². The van der Waals surface area contributed by atoms with Gasteiger partial charge in [-0.05, 0) is 18.1 Å². The van der Waals surface area contributed by atoms with E-state index in [-0.39, 0.29) is 24.6 Å². The molecule has 0 bridgehead atoms. The molecule has 0 unspecified atom stereocenters. The number of benzene rings is 1. The van der Waals surface area contributed by atoms with E-state index < -0.39 is 11.7 Å². The van der Waals surface area contributed by atoms with Crippen molar-refractivity contribution in [3.05, 3.63) is 29.8 Å². The Bertz CT molecular complexity index is 444. The quantitative estimate of drug-likeness (QED) is 0.843. The molecule has 0 aliphatic carbocycles. The number of nitrogens with one attached hydrogen (secondary N) is 2. The van der Waals surface area contributed by atoms with Crippen LogP contribution in [0.5, 0.6) is 0 Å². The predicted octanol–water partition coefficient (Wildman–Crippen LogP) is 3.28. The molecule has 1 aromatic carbocycles. The maximum atomic E-state index is 12.7. The summed E-state index contributed by atoms with van der Waals surface area (Å²) < 4.78 is 38.2. The van der Waals surface area contributed by atoms with Crippen LogP contribution in [0.15, 0.2) is 24.3 Å². The van der Waals surface area contributed by atoms with Crippen LogP contribution in [-0.2, 0) is 11.0 Å². The number of halogens is 3. The Morgan fingerprint density at radius 2 is 1.90 bits per heavy atom. The number of hydrogen-bond acceptors (Lipinski definition) is 2. The second-order valence-corrected chi connectivity index (χ2v) is 4.92. The first-order chi connectivity index (χ1) is 9.30. The molecule has 0 aliphatic rings. The van der Waals surface area contributed by atoms with Gasteiger partial charge in [-0.25, -0.2) is 0 Å². The molecular formula is C14H19F3N2O. The van der Waals surface area contributed by atoms with E-state index in [1.54, 1.807) is 0 Å². The fourth-order valence-corrected chi connectivity index (χ4v) is 1.60. The Labute approximate surface area is 116 Å². The zero-order valence-electron chi connectivity index (χ0n) is 11.6. The third-order valence-corrected chi connectivity index (χ3v) is 2.61. The lowest BCUT2D eigenvalue weighted by molar-refractivity contribution is -0.137. The van der Waals surface area contributed by atoms with Crippen LogP contribution < -0.4 is 10.6 Å². The fourth-order valence-electron chi connectivity index (χ4n) is 1.60. The van der Waals surface area contributed by atoms with E-state index in [1.165, 1.54) is 18.2 Å². The molecule has 0 spiro atoms. The van der Waals surface area contributed by atoms with Gasteiger partial charge in [0.1, 0.15) is 0 Å². The highest BCUT2D eigenvalue weighted by Crippen LogP contribution is 2.34. The van der Waals surface area contributed by atoms with Gasteiger partial charge >= 0.3 is 6.18 Å². The van der Waals surface area contributed by atoms with Crippen molar-refractivity contribution >= 4 is 11.6 Å². The number of rotatable bonds is 6. The molecule has 0 radical (unpaired) electrons. The number of carbonyl (C=O) groups is 1. The summed E-state index contributed by atoms with van der Waals surface area (Å²) in [6.07, 6.45) is -4.26. The van der Waals surface area contributed by atoms with Crippen LogP contribution in [0, 0.1) is 5.92 Å². The van der Waals surface area contributed by atoms with Gasteiger partial charge in [-0.3, -0.25) is 4.79 Å². The van der Waals surface area contributed by atoms with E-state index in [1.807, 2.05) is 13.8 Å². The third-order valence-electron chi connectivity index (χ3n) is 2.61. The SMILES string of the molecule is CC(C)CNC(=O)CCNc1ccccc1C(F)(F)F. The zero-order valence-corrected chi connectivity index (χ0v) is 11.6. The van der Waals surface area contributed by atoms with Gasteiger partial charge in [-0.15, -0.1) is 0 Å². The lowest BCUT2D eigenvalue weighted by Gasteiger charge is -2.14. The first kappa shape index (κ1) is 16.3. The molecule has 6 heteroatoms. The van der Waals surface area contributed by atoms with Crippen LogP contribution in [0.25, 0.3) is 0 Å². The van der Waals surface area contributed by atoms with Crippen molar-refractivity contribution in [3.63, 3.8) is 0 Å². The van der Waals surface area contributed by atoms with Crippen LogP contribution in [0.2, 0.25) is 0 Å². The van der Waals surface area contributed by atoms with Gasteiger partial charge in [-0.1, -0.05) is 26.0 Å². The number of amides is 1. The summed E-state index contributed by atoms with van der Waals surface area (Å²) in [4.78, 5) is 11.4. The van der Waals surface area contributed by atoms with Crippen LogP contribution in [0.1, 0.15) is 25.8 Å². The Morgan fingerprint density at radius 1 is 1.25 bits per heavy atom. The van der Waals surface area contributed by atoms with Gasteiger partial charge in [0.2, 0.25) is 5.91 Å². The lowest BCUT2D eigenvalue weighted by Crippen LogP contribution is -2.28. The first-order valence-corrected chi connectivity index (χ1v) is 6.47. The Balaban J connectivity index is 2.49. The van der Waals surface area contributed by atoms with Crippen LogP contribution in [-0.4, -0.2) is 19.0 Å². The fraction of sp³-hybridized carbons (Fsp3) is 0.500. The molecule has 2 N–H and O–H groups in total. The number of alkyl halides is 3. The van der Waals surface area contributed by atoms with Gasteiger partial charge in [0, 0.05) is 25.2 Å². The molecule has 0 saturated heterocycles. The standard InChI is InChI=1S/C14H19F3N2O/c1-10(2)9-19-13(20)7-8-18-12-6-4-3-5-11(12)14(15,16)17/h3-6,10,18H,7-9H2,1-2H3,(H,19,20). The first-order valence-electron chi connectivity index (χ1n) is 6.47. The predicted molar refractivity (Wildman–Crippen MR) is 72.4 cm³/mol. The van der Waals surface area contributed by atoms with E-state index in [9.17, 15) is 18.0 Å². The maximum Gasteiger partial charge on any atom is 0.418 e. The summed E-state index contributed by atoms with van der Waals surface area (Å²) in [6.45, 7) is 4.67. The van der Waals surface area contributed by atoms with E-state index in [4.69, 9.17) is 0 Å². The molecule has 1 rings (SSSR count). The monoisotopic (exact) mass is 288 g/mol. The highest BCUT2D eigenvalue weighted by molar-refractivity contribution is 5.76. The second kappa shape index (κ2) is 7.17. The second-order valence-electron chi connectivity index (χ2n) is 4.92. The summed E-state index contributed by atoms with van der Waals surface area (Å²) in [5.41, 5.74) is -0.723. The lowest BCUT2D eigenvalue weighted by atomic mass is 10.1. The maximum absolute atomic E-state index is 12.7. The molecule has 3 nitrogen and oxygen atoms in total. The summed E-state index contributed by atoms with van der Waals surface area (Å²) in [5.74, 6) is 0.175. The molecule has 0 fully saturated rings. The highest BCUT2D eigenvalue weighted by Gasteiger charge is 2.32. The topological polar surface area (TPSA) is 41.1 Å². The minimum absolute atomic E-state index is 0.00309. The summed E-state index contributed by atoms with van der Waals surface area (Å²) >= 11 is 0. The van der Waals surface area contributed by atoms with Gasteiger partial charge in [0.25, 0.3) is 0 Å². The molecule has 112 valence electrons. The number of hydrogen-bond donors (Lipinski definition) is 2. The van der Waals surface area contributed by atoms with Crippen molar-refractivity contribution in [2.45, 2.75) is 26.4 Å². The van der Waals surface area contributed by atoms with Crippen molar-refractivity contribution in [2.75, 3.05) is 18.4 Å². The van der Waals surface area contributed by atoms with E-state index in [0.29, 0.717) is 12.5 Å². The van der Waals surface area contributed by atoms with Crippen LogP contribution >= 0.6 is 0 Å². The minimum Gasteiger partial charge on any atom is -0.384 e. The highest BCUT2D eigenvalue weighted by atomic mass is 19.4. The third kappa shape index (κ3) is 5.50. The Kier molecular flexibility index (Phi) is 5.85. The van der Waals surface area contributed by atoms with Gasteiger partial charge in [0.15, 0.2) is 0 Å². The van der Waals surface area contributed by atoms with Crippen molar-refractivity contribution in [2.24, 2.45) is 5.92 Å². The molecule has 0 aromatic heterocycles. The molecular weight excluding hydrogens is 269 g/mol. The molecule has 20 heavy (non-hydrogen) atoms.